The van der Waals surface area contributed by atoms with Crippen molar-refractivity contribution in [1.29, 1.82) is 0 Å². The number of aryl methyl sites for hydroxylation is 1. The normalized spacial score (nSPS) is 12.8. The molecule has 1 atom stereocenters. The van der Waals surface area contributed by atoms with Crippen LogP contribution in [0.4, 0.5) is 17.5 Å². The standard InChI is InChI=1S/C19H25N5O3S/c1-6-12(3)21-18-16-11(2)10-20-17(16)23-19(24-18)22-14-8-7-13(28(5,25)26)9-15(14)27-4/h7-10,12H,6H2,1-5H3,(H3,20,21,22,23,24)/t12-/m0/s1. The van der Waals surface area contributed by atoms with Gasteiger partial charge in [-0.1, -0.05) is 6.92 Å². The molecule has 0 aliphatic rings. The number of aromatic nitrogens is 3. The van der Waals surface area contributed by atoms with E-state index >= 15 is 0 Å². The van der Waals surface area contributed by atoms with Gasteiger partial charge in [0.15, 0.2) is 9.84 Å². The first-order chi connectivity index (χ1) is 13.2. The van der Waals surface area contributed by atoms with Gasteiger partial charge in [0.05, 0.1) is 23.1 Å². The minimum absolute atomic E-state index is 0.186. The van der Waals surface area contributed by atoms with Gasteiger partial charge in [0.25, 0.3) is 0 Å². The summed E-state index contributed by atoms with van der Waals surface area (Å²) in [6.07, 6.45) is 4.01. The van der Waals surface area contributed by atoms with Crippen LogP contribution in [0.25, 0.3) is 11.0 Å². The zero-order chi connectivity index (χ0) is 20.5. The minimum Gasteiger partial charge on any atom is -0.495 e. The Morgan fingerprint density at radius 3 is 2.68 bits per heavy atom. The summed E-state index contributed by atoms with van der Waals surface area (Å²) in [4.78, 5) is 12.5. The predicted octanol–water partition coefficient (Wildman–Crippen LogP) is 3.63. The lowest BCUT2D eigenvalue weighted by molar-refractivity contribution is 0.415. The Bertz CT molecular complexity index is 1110. The summed E-state index contributed by atoms with van der Waals surface area (Å²) < 4.78 is 28.9. The van der Waals surface area contributed by atoms with Gasteiger partial charge in [0, 0.05) is 24.6 Å². The molecular formula is C19H25N5O3S. The number of hydrogen-bond acceptors (Lipinski definition) is 7. The van der Waals surface area contributed by atoms with Crippen molar-refractivity contribution in [3.8, 4) is 5.75 Å². The summed E-state index contributed by atoms with van der Waals surface area (Å²) in [5.74, 6) is 1.52. The van der Waals surface area contributed by atoms with E-state index in [0.29, 0.717) is 23.0 Å². The maximum atomic E-state index is 11.8. The van der Waals surface area contributed by atoms with Crippen LogP contribution in [0.3, 0.4) is 0 Å². The molecule has 0 fully saturated rings. The van der Waals surface area contributed by atoms with Gasteiger partial charge in [0.1, 0.15) is 17.2 Å². The second-order valence-corrected chi connectivity index (χ2v) is 8.82. The first-order valence-electron chi connectivity index (χ1n) is 9.00. The van der Waals surface area contributed by atoms with Gasteiger partial charge < -0.3 is 20.4 Å². The minimum atomic E-state index is -3.33. The summed E-state index contributed by atoms with van der Waals surface area (Å²) in [6, 6.07) is 4.90. The Kier molecular flexibility index (Phi) is 5.46. The Morgan fingerprint density at radius 1 is 1.29 bits per heavy atom. The van der Waals surface area contributed by atoms with Crippen LogP contribution in [0, 0.1) is 6.92 Å². The number of nitrogens with zero attached hydrogens (tertiary/aromatic N) is 2. The molecule has 0 unspecified atom stereocenters. The van der Waals surface area contributed by atoms with E-state index in [4.69, 9.17) is 4.74 Å². The van der Waals surface area contributed by atoms with Crippen molar-refractivity contribution in [2.24, 2.45) is 0 Å². The number of fused-ring (bicyclic) bond motifs is 1. The number of rotatable bonds is 7. The van der Waals surface area contributed by atoms with Crippen molar-refractivity contribution >= 4 is 38.3 Å². The van der Waals surface area contributed by atoms with Crippen molar-refractivity contribution in [2.45, 2.75) is 38.1 Å². The highest BCUT2D eigenvalue weighted by Gasteiger charge is 2.16. The average molecular weight is 404 g/mol. The number of nitrogens with one attached hydrogen (secondary N) is 3. The largest absolute Gasteiger partial charge is 0.495 e. The molecule has 0 spiro atoms. The molecule has 0 saturated heterocycles. The molecule has 28 heavy (non-hydrogen) atoms. The highest BCUT2D eigenvalue weighted by atomic mass is 32.2. The maximum absolute atomic E-state index is 11.8. The zero-order valence-corrected chi connectivity index (χ0v) is 17.4. The lowest BCUT2D eigenvalue weighted by atomic mass is 10.2. The number of sulfone groups is 1. The summed E-state index contributed by atoms with van der Waals surface area (Å²) in [6.45, 7) is 6.20. The second-order valence-electron chi connectivity index (χ2n) is 6.80. The Balaban J connectivity index is 2.03. The molecule has 0 amide bonds. The van der Waals surface area contributed by atoms with Crippen LogP contribution in [0.1, 0.15) is 25.8 Å². The molecule has 150 valence electrons. The first-order valence-corrected chi connectivity index (χ1v) is 10.9. The number of H-pyrrole nitrogens is 1. The van der Waals surface area contributed by atoms with Crippen molar-refractivity contribution < 1.29 is 13.2 Å². The third kappa shape index (κ3) is 4.04. The summed E-state index contributed by atoms with van der Waals surface area (Å²) in [7, 11) is -1.84. The fraction of sp³-hybridized carbons (Fsp3) is 0.368. The lowest BCUT2D eigenvalue weighted by Gasteiger charge is -2.16. The van der Waals surface area contributed by atoms with E-state index < -0.39 is 9.84 Å². The van der Waals surface area contributed by atoms with E-state index in [1.807, 2.05) is 13.1 Å². The number of ether oxygens (including phenoxy) is 1. The first kappa shape index (κ1) is 19.9. The third-order valence-electron chi connectivity index (χ3n) is 4.57. The molecule has 3 N–H and O–H groups in total. The number of hydrogen-bond donors (Lipinski definition) is 3. The molecule has 0 aliphatic heterocycles. The fourth-order valence-electron chi connectivity index (χ4n) is 2.81. The van der Waals surface area contributed by atoms with Crippen molar-refractivity contribution in [1.82, 2.24) is 15.0 Å². The molecule has 3 aromatic rings. The summed E-state index contributed by atoms with van der Waals surface area (Å²) >= 11 is 0. The molecule has 2 heterocycles. The van der Waals surface area contributed by atoms with Gasteiger partial charge in [-0.2, -0.15) is 9.97 Å². The van der Waals surface area contributed by atoms with Crippen molar-refractivity contribution in [3.63, 3.8) is 0 Å². The molecule has 0 saturated carbocycles. The molecule has 0 bridgehead atoms. The molecule has 1 aromatic carbocycles. The van der Waals surface area contributed by atoms with Crippen LogP contribution >= 0.6 is 0 Å². The summed E-state index contributed by atoms with van der Waals surface area (Å²) in [5.41, 5.74) is 2.35. The molecule has 9 heteroatoms. The van der Waals surface area contributed by atoms with Gasteiger partial charge in [0.2, 0.25) is 5.95 Å². The van der Waals surface area contributed by atoms with E-state index in [1.54, 1.807) is 6.07 Å². The van der Waals surface area contributed by atoms with Gasteiger partial charge in [-0.05, 0) is 38.0 Å². The highest BCUT2D eigenvalue weighted by Crippen LogP contribution is 2.31. The molecule has 0 radical (unpaired) electrons. The van der Waals surface area contributed by atoms with Crippen LogP contribution in [-0.2, 0) is 9.84 Å². The average Bonchev–Trinajstić information content (AvgIpc) is 3.02. The molecule has 3 rings (SSSR count). The van der Waals surface area contributed by atoms with Gasteiger partial charge in [-0.15, -0.1) is 0 Å². The SMILES string of the molecule is CC[C@H](C)Nc1nc(Nc2ccc(S(C)(=O)=O)cc2OC)nc2[nH]cc(C)c12. The van der Waals surface area contributed by atoms with E-state index in [0.717, 1.165) is 29.4 Å². The lowest BCUT2D eigenvalue weighted by Crippen LogP contribution is -2.15. The topological polar surface area (TPSA) is 109 Å². The molecule has 8 nitrogen and oxygen atoms in total. The zero-order valence-electron chi connectivity index (χ0n) is 16.6. The monoisotopic (exact) mass is 403 g/mol. The van der Waals surface area contributed by atoms with E-state index in [1.165, 1.54) is 19.2 Å². The fourth-order valence-corrected chi connectivity index (χ4v) is 3.45. The predicted molar refractivity (Wildman–Crippen MR) is 111 cm³/mol. The third-order valence-corrected chi connectivity index (χ3v) is 5.68. The molecule has 0 aliphatic carbocycles. The molecule has 2 aromatic heterocycles. The Labute approximate surface area is 164 Å². The second kappa shape index (κ2) is 7.67. The van der Waals surface area contributed by atoms with Crippen LogP contribution in [-0.4, -0.2) is 42.8 Å². The Hall–Kier alpha value is -2.81. The highest BCUT2D eigenvalue weighted by molar-refractivity contribution is 7.90. The van der Waals surface area contributed by atoms with Gasteiger partial charge in [-0.25, -0.2) is 8.42 Å². The number of benzene rings is 1. The maximum Gasteiger partial charge on any atom is 0.231 e. The van der Waals surface area contributed by atoms with Crippen molar-refractivity contribution in [2.75, 3.05) is 24.0 Å². The van der Waals surface area contributed by atoms with E-state index in [-0.39, 0.29) is 10.9 Å². The quantitative estimate of drug-likeness (QED) is 0.552. The summed E-state index contributed by atoms with van der Waals surface area (Å²) in [5, 5.41) is 7.51. The number of aromatic amines is 1. The van der Waals surface area contributed by atoms with Crippen LogP contribution in [0.5, 0.6) is 5.75 Å². The van der Waals surface area contributed by atoms with Crippen LogP contribution in [0.2, 0.25) is 0 Å². The Morgan fingerprint density at radius 2 is 2.04 bits per heavy atom. The van der Waals surface area contributed by atoms with Crippen LogP contribution < -0.4 is 15.4 Å². The van der Waals surface area contributed by atoms with Gasteiger partial charge in [-0.3, -0.25) is 0 Å². The number of anilines is 3. The molecular weight excluding hydrogens is 378 g/mol. The van der Waals surface area contributed by atoms with Crippen LogP contribution in [0.15, 0.2) is 29.3 Å². The van der Waals surface area contributed by atoms with E-state index in [9.17, 15) is 8.42 Å². The number of methoxy groups -OCH3 is 1. The van der Waals surface area contributed by atoms with E-state index in [2.05, 4.69) is 39.4 Å². The van der Waals surface area contributed by atoms with Gasteiger partial charge >= 0.3 is 0 Å². The van der Waals surface area contributed by atoms with Crippen molar-refractivity contribution in [3.05, 3.63) is 30.0 Å². The smallest absolute Gasteiger partial charge is 0.231 e.